The van der Waals surface area contributed by atoms with Crippen LogP contribution in [0.5, 0.6) is 0 Å². The molecule has 0 aliphatic heterocycles. The number of pyridine rings is 2. The average molecular weight is 541 g/mol. The third-order valence-electron chi connectivity index (χ3n) is 7.25. The molecular formula is C36H20N4S. The zero-order valence-electron chi connectivity index (χ0n) is 21.7. The van der Waals surface area contributed by atoms with E-state index < -0.39 is 0 Å². The number of thiophene rings is 1. The van der Waals surface area contributed by atoms with Gasteiger partial charge < -0.3 is 0 Å². The lowest BCUT2D eigenvalue weighted by molar-refractivity contribution is 1.30. The van der Waals surface area contributed by atoms with E-state index in [1.165, 1.54) is 20.2 Å². The molecule has 0 saturated carbocycles. The molecule has 0 N–H and O–H groups in total. The number of fused-ring (bicyclic) bond motifs is 3. The van der Waals surface area contributed by atoms with Crippen molar-refractivity contribution in [3.8, 4) is 50.6 Å². The number of hydrogen-bond acceptors (Lipinski definition) is 4. The van der Waals surface area contributed by atoms with Gasteiger partial charge >= 0.3 is 0 Å². The van der Waals surface area contributed by atoms with Gasteiger partial charge in [0.1, 0.15) is 6.07 Å². The summed E-state index contributed by atoms with van der Waals surface area (Å²) >= 11 is 1.80. The van der Waals surface area contributed by atoms with Crippen molar-refractivity contribution in [3.63, 3.8) is 0 Å². The van der Waals surface area contributed by atoms with Gasteiger partial charge in [0.25, 0.3) is 0 Å². The fourth-order valence-corrected chi connectivity index (χ4v) is 6.27. The summed E-state index contributed by atoms with van der Waals surface area (Å²) in [5.74, 6) is 0. The largest absolute Gasteiger partial charge is 0.276 e. The molecule has 5 heteroatoms. The maximum absolute atomic E-state index is 9.28. The van der Waals surface area contributed by atoms with Crippen molar-refractivity contribution in [2.75, 3.05) is 0 Å². The molecule has 4 aromatic carbocycles. The molecule has 0 aliphatic carbocycles. The zero-order chi connectivity index (χ0) is 27.8. The van der Waals surface area contributed by atoms with Crippen LogP contribution in [0.25, 0.3) is 69.5 Å². The van der Waals surface area contributed by atoms with Gasteiger partial charge in [0.2, 0.25) is 5.69 Å². The van der Waals surface area contributed by atoms with Crippen LogP contribution in [0.1, 0.15) is 5.56 Å². The third kappa shape index (κ3) is 4.61. The summed E-state index contributed by atoms with van der Waals surface area (Å²) in [7, 11) is 0. The first-order valence-electron chi connectivity index (χ1n) is 13.0. The third-order valence-corrected chi connectivity index (χ3v) is 8.40. The van der Waals surface area contributed by atoms with E-state index in [-0.39, 0.29) is 0 Å². The fourth-order valence-electron chi connectivity index (χ4n) is 5.20. The summed E-state index contributed by atoms with van der Waals surface area (Å²) in [6.07, 6.45) is 6.77. The lowest BCUT2D eigenvalue weighted by Crippen LogP contribution is -1.85. The number of aromatic nitrogens is 2. The first-order chi connectivity index (χ1) is 20.2. The van der Waals surface area contributed by atoms with E-state index in [1.54, 1.807) is 36.1 Å². The van der Waals surface area contributed by atoms with E-state index in [0.717, 1.165) is 44.5 Å². The highest BCUT2D eigenvalue weighted by molar-refractivity contribution is 7.25. The number of benzene rings is 4. The normalized spacial score (nSPS) is 10.9. The Balaban J connectivity index is 1.29. The summed E-state index contributed by atoms with van der Waals surface area (Å²) in [5.41, 5.74) is 9.53. The second kappa shape index (κ2) is 10.2. The number of rotatable bonds is 4. The predicted octanol–water partition coefficient (Wildman–Crippen LogP) is 9.93. The second-order valence-electron chi connectivity index (χ2n) is 9.80. The van der Waals surface area contributed by atoms with Crippen LogP contribution >= 0.6 is 11.3 Å². The standard InChI is InChI=1S/C36H20N4S/c1-38-32-15-31(21-40-22-32)27-7-3-5-25(14-27)29-9-11-36-34(17-29)33-16-28(8-10-35(33)41-36)24-4-2-6-26(13-24)30-12-23(18-37)19-39-20-30/h2-17,19-22H. The van der Waals surface area contributed by atoms with Crippen molar-refractivity contribution in [2.45, 2.75) is 0 Å². The summed E-state index contributed by atoms with van der Waals surface area (Å²) in [4.78, 5) is 12.0. The lowest BCUT2D eigenvalue weighted by atomic mass is 9.97. The monoisotopic (exact) mass is 540 g/mol. The highest BCUT2D eigenvalue weighted by Gasteiger charge is 2.11. The number of nitriles is 1. The maximum atomic E-state index is 9.28. The van der Waals surface area contributed by atoms with E-state index in [1.807, 2.05) is 18.2 Å². The molecule has 0 saturated heterocycles. The van der Waals surface area contributed by atoms with E-state index >= 15 is 0 Å². The van der Waals surface area contributed by atoms with Gasteiger partial charge in [-0.1, -0.05) is 48.5 Å². The van der Waals surface area contributed by atoms with E-state index in [4.69, 9.17) is 6.57 Å². The van der Waals surface area contributed by atoms with Crippen molar-refractivity contribution in [1.82, 2.24) is 9.97 Å². The molecule has 7 rings (SSSR count). The van der Waals surface area contributed by atoms with Crippen molar-refractivity contribution in [1.29, 1.82) is 5.26 Å². The summed E-state index contributed by atoms with van der Waals surface area (Å²) in [6.45, 7) is 7.31. The molecular weight excluding hydrogens is 520 g/mol. The summed E-state index contributed by atoms with van der Waals surface area (Å²) in [5, 5.41) is 11.7. The topological polar surface area (TPSA) is 53.9 Å². The molecule has 0 fully saturated rings. The van der Waals surface area contributed by atoms with Crippen molar-refractivity contribution < 1.29 is 0 Å². The summed E-state index contributed by atoms with van der Waals surface area (Å²) < 4.78 is 2.50. The van der Waals surface area contributed by atoms with Crippen LogP contribution in [-0.4, -0.2) is 9.97 Å². The highest BCUT2D eigenvalue weighted by Crippen LogP contribution is 2.39. The second-order valence-corrected chi connectivity index (χ2v) is 10.9. The molecule has 4 nitrogen and oxygen atoms in total. The van der Waals surface area contributed by atoms with Crippen LogP contribution in [0.4, 0.5) is 5.69 Å². The Morgan fingerprint density at radius 1 is 0.561 bits per heavy atom. The van der Waals surface area contributed by atoms with E-state index in [0.29, 0.717) is 11.3 Å². The van der Waals surface area contributed by atoms with Crippen molar-refractivity contribution in [3.05, 3.63) is 139 Å². The molecule has 3 heterocycles. The van der Waals surface area contributed by atoms with Crippen LogP contribution in [0.2, 0.25) is 0 Å². The van der Waals surface area contributed by atoms with Gasteiger partial charge in [-0.3, -0.25) is 9.97 Å². The number of hydrogen-bond donors (Lipinski definition) is 0. The van der Waals surface area contributed by atoms with Gasteiger partial charge in [0, 0.05) is 50.5 Å². The zero-order valence-corrected chi connectivity index (χ0v) is 22.6. The quantitative estimate of drug-likeness (QED) is 0.209. The molecule has 0 aliphatic rings. The van der Waals surface area contributed by atoms with E-state index in [2.05, 4.69) is 99.7 Å². The molecule has 0 spiro atoms. The minimum Gasteiger partial charge on any atom is -0.276 e. The minimum atomic E-state index is 0.535. The van der Waals surface area contributed by atoms with Gasteiger partial charge in [-0.05, 0) is 87.5 Å². The summed E-state index contributed by atoms with van der Waals surface area (Å²) in [6, 6.07) is 36.0. The van der Waals surface area contributed by atoms with Gasteiger partial charge in [-0.2, -0.15) is 5.26 Å². The van der Waals surface area contributed by atoms with Crippen LogP contribution in [-0.2, 0) is 0 Å². The Kier molecular flexibility index (Phi) is 6.06. The first kappa shape index (κ1) is 24.4. The molecule has 0 radical (unpaired) electrons. The van der Waals surface area contributed by atoms with Crippen molar-refractivity contribution in [2.24, 2.45) is 0 Å². The lowest BCUT2D eigenvalue weighted by Gasteiger charge is -2.08. The first-order valence-corrected chi connectivity index (χ1v) is 13.9. The smallest absolute Gasteiger partial charge is 0.205 e. The van der Waals surface area contributed by atoms with Gasteiger partial charge in [-0.25, -0.2) is 4.85 Å². The molecule has 41 heavy (non-hydrogen) atoms. The minimum absolute atomic E-state index is 0.535. The van der Waals surface area contributed by atoms with Crippen LogP contribution in [0.3, 0.4) is 0 Å². The Labute approximate surface area is 241 Å². The molecule has 0 atom stereocenters. The van der Waals surface area contributed by atoms with Crippen LogP contribution < -0.4 is 0 Å². The molecule has 0 bridgehead atoms. The van der Waals surface area contributed by atoms with Crippen LogP contribution in [0.15, 0.2) is 122 Å². The Bertz CT molecular complexity index is 2040. The maximum Gasteiger partial charge on any atom is 0.205 e. The van der Waals surface area contributed by atoms with Gasteiger partial charge in [-0.15, -0.1) is 11.3 Å². The average Bonchev–Trinajstić information content (AvgIpc) is 3.42. The van der Waals surface area contributed by atoms with Crippen molar-refractivity contribution >= 4 is 37.2 Å². The number of nitrogens with zero attached hydrogens (tertiary/aromatic N) is 4. The Hall–Kier alpha value is -5.62. The Morgan fingerprint density at radius 3 is 1.63 bits per heavy atom. The predicted molar refractivity (Wildman–Crippen MR) is 168 cm³/mol. The SMILES string of the molecule is [C-]#[N+]c1cncc(-c2cccc(-c3ccc4sc5ccc(-c6cccc(-c7cncc(C#N)c7)c6)cc5c4c3)c2)c1. The molecule has 0 unspecified atom stereocenters. The van der Waals surface area contributed by atoms with Crippen LogP contribution in [0, 0.1) is 17.9 Å². The fraction of sp³-hybridized carbons (Fsp3) is 0. The molecule has 3 aromatic heterocycles. The van der Waals surface area contributed by atoms with E-state index in [9.17, 15) is 5.26 Å². The van der Waals surface area contributed by atoms with Gasteiger partial charge in [0.05, 0.1) is 12.1 Å². The molecule has 190 valence electrons. The molecule has 7 aromatic rings. The molecule has 0 amide bonds. The Morgan fingerprint density at radius 2 is 1.07 bits per heavy atom. The highest BCUT2D eigenvalue weighted by atomic mass is 32.1. The van der Waals surface area contributed by atoms with Gasteiger partial charge in [0.15, 0.2) is 0 Å².